The molecular weight excluding hydrogens is 244 g/mol. The van der Waals surface area contributed by atoms with E-state index in [9.17, 15) is 0 Å². The van der Waals surface area contributed by atoms with Crippen molar-refractivity contribution in [2.24, 2.45) is 17.6 Å². The summed E-state index contributed by atoms with van der Waals surface area (Å²) in [5, 5.41) is 0. The van der Waals surface area contributed by atoms with Crippen molar-refractivity contribution in [3.8, 4) is 5.75 Å². The van der Waals surface area contributed by atoms with Crippen LogP contribution in [-0.4, -0.2) is 16.1 Å². The predicted octanol–water partition coefficient (Wildman–Crippen LogP) is 2.92. The third kappa shape index (κ3) is 3.19. The number of thiocarbonyl (C=S) groups is 1. The molecule has 1 fully saturated rings. The summed E-state index contributed by atoms with van der Waals surface area (Å²) in [5.74, 6) is 2.14. The van der Waals surface area contributed by atoms with Crippen LogP contribution >= 0.6 is 12.2 Å². The first-order valence-electron chi connectivity index (χ1n) is 6.47. The van der Waals surface area contributed by atoms with E-state index in [1.165, 1.54) is 6.42 Å². The van der Waals surface area contributed by atoms with Gasteiger partial charge in [-0.2, -0.15) is 0 Å². The van der Waals surface area contributed by atoms with Crippen LogP contribution in [0.1, 0.15) is 38.8 Å². The van der Waals surface area contributed by atoms with E-state index in [2.05, 4.69) is 18.8 Å². The van der Waals surface area contributed by atoms with Gasteiger partial charge in [-0.3, -0.25) is 0 Å². The molecular formula is C14H20N2OS. The van der Waals surface area contributed by atoms with E-state index in [-0.39, 0.29) is 6.10 Å². The third-order valence-corrected chi connectivity index (χ3v) is 3.63. The molecule has 1 aromatic heterocycles. The van der Waals surface area contributed by atoms with Crippen molar-refractivity contribution in [2.75, 3.05) is 0 Å². The summed E-state index contributed by atoms with van der Waals surface area (Å²) < 4.78 is 6.06. The highest BCUT2D eigenvalue weighted by molar-refractivity contribution is 7.80. The molecule has 18 heavy (non-hydrogen) atoms. The van der Waals surface area contributed by atoms with E-state index < -0.39 is 0 Å². The van der Waals surface area contributed by atoms with Gasteiger partial charge in [0.05, 0.1) is 6.10 Å². The Morgan fingerprint density at radius 3 is 2.61 bits per heavy atom. The molecule has 0 spiro atoms. The standard InChI is InChI=1S/C14H20N2OS/c1-9-6-10(2)8-11(7-9)17-12-4-3-5-16-13(12)14(15)18/h3-5,9-11H,6-8H2,1-2H3,(H2,15,18). The average Bonchev–Trinajstić information content (AvgIpc) is 2.27. The third-order valence-electron chi connectivity index (χ3n) is 3.43. The Hall–Kier alpha value is -1.16. The molecule has 0 saturated heterocycles. The van der Waals surface area contributed by atoms with Crippen LogP contribution in [0.25, 0.3) is 0 Å². The molecule has 0 amide bonds. The van der Waals surface area contributed by atoms with Crippen molar-refractivity contribution in [2.45, 2.75) is 39.2 Å². The van der Waals surface area contributed by atoms with Gasteiger partial charge in [0.25, 0.3) is 0 Å². The molecule has 0 bridgehead atoms. The van der Waals surface area contributed by atoms with Crippen molar-refractivity contribution >= 4 is 17.2 Å². The summed E-state index contributed by atoms with van der Waals surface area (Å²) >= 11 is 5.00. The summed E-state index contributed by atoms with van der Waals surface area (Å²) in [4.78, 5) is 4.48. The molecule has 0 radical (unpaired) electrons. The van der Waals surface area contributed by atoms with Gasteiger partial charge in [-0.25, -0.2) is 4.98 Å². The Labute approximate surface area is 114 Å². The van der Waals surface area contributed by atoms with E-state index in [1.807, 2.05) is 12.1 Å². The van der Waals surface area contributed by atoms with Crippen LogP contribution in [0.5, 0.6) is 5.75 Å². The van der Waals surface area contributed by atoms with Gasteiger partial charge in [0.1, 0.15) is 16.4 Å². The van der Waals surface area contributed by atoms with Gasteiger partial charge in [-0.1, -0.05) is 26.1 Å². The maximum absolute atomic E-state index is 6.06. The van der Waals surface area contributed by atoms with E-state index in [0.717, 1.165) is 18.6 Å². The fourth-order valence-corrected chi connectivity index (χ4v) is 2.97. The highest BCUT2D eigenvalue weighted by Gasteiger charge is 2.26. The van der Waals surface area contributed by atoms with Crippen molar-refractivity contribution in [3.63, 3.8) is 0 Å². The van der Waals surface area contributed by atoms with Crippen molar-refractivity contribution in [1.82, 2.24) is 4.98 Å². The van der Waals surface area contributed by atoms with Gasteiger partial charge in [-0.05, 0) is 43.2 Å². The summed E-state index contributed by atoms with van der Waals surface area (Å²) in [6.07, 6.45) is 5.41. The van der Waals surface area contributed by atoms with Crippen LogP contribution in [-0.2, 0) is 0 Å². The van der Waals surface area contributed by atoms with Crippen molar-refractivity contribution < 1.29 is 4.74 Å². The second kappa shape index (κ2) is 5.65. The van der Waals surface area contributed by atoms with E-state index >= 15 is 0 Å². The molecule has 98 valence electrons. The number of nitrogens with two attached hydrogens (primary N) is 1. The zero-order valence-electron chi connectivity index (χ0n) is 10.9. The van der Waals surface area contributed by atoms with E-state index in [4.69, 9.17) is 22.7 Å². The molecule has 4 heteroatoms. The first-order valence-corrected chi connectivity index (χ1v) is 6.88. The van der Waals surface area contributed by atoms with Gasteiger partial charge >= 0.3 is 0 Å². The topological polar surface area (TPSA) is 48.1 Å². The molecule has 2 rings (SSSR count). The van der Waals surface area contributed by atoms with Crippen LogP contribution in [0.4, 0.5) is 0 Å². The lowest BCUT2D eigenvalue weighted by atomic mass is 9.82. The van der Waals surface area contributed by atoms with Gasteiger partial charge < -0.3 is 10.5 Å². The maximum Gasteiger partial charge on any atom is 0.148 e. The monoisotopic (exact) mass is 264 g/mol. The smallest absolute Gasteiger partial charge is 0.148 e. The molecule has 3 nitrogen and oxygen atoms in total. The van der Waals surface area contributed by atoms with Crippen LogP contribution < -0.4 is 10.5 Å². The largest absolute Gasteiger partial charge is 0.488 e. The molecule has 1 aromatic rings. The van der Waals surface area contributed by atoms with Crippen LogP contribution in [0, 0.1) is 11.8 Å². The highest BCUT2D eigenvalue weighted by atomic mass is 32.1. The summed E-state index contributed by atoms with van der Waals surface area (Å²) in [6, 6.07) is 3.75. The zero-order valence-corrected chi connectivity index (χ0v) is 11.7. The minimum Gasteiger partial charge on any atom is -0.488 e. The maximum atomic E-state index is 6.06. The minimum atomic E-state index is 0.251. The average molecular weight is 264 g/mol. The minimum absolute atomic E-state index is 0.251. The highest BCUT2D eigenvalue weighted by Crippen LogP contribution is 2.31. The lowest BCUT2D eigenvalue weighted by Gasteiger charge is -2.32. The molecule has 1 heterocycles. The van der Waals surface area contributed by atoms with Crippen LogP contribution in [0.15, 0.2) is 18.3 Å². The number of pyridine rings is 1. The number of hydrogen-bond acceptors (Lipinski definition) is 3. The second-order valence-electron chi connectivity index (χ2n) is 5.37. The van der Waals surface area contributed by atoms with Crippen LogP contribution in [0.3, 0.4) is 0 Å². The number of hydrogen-bond donors (Lipinski definition) is 1. The number of ether oxygens (including phenoxy) is 1. The molecule has 1 aliphatic rings. The first-order chi connectivity index (χ1) is 8.56. The molecule has 1 saturated carbocycles. The first kappa shape index (κ1) is 13.3. The van der Waals surface area contributed by atoms with E-state index in [1.54, 1.807) is 6.20 Å². The van der Waals surface area contributed by atoms with Crippen molar-refractivity contribution in [3.05, 3.63) is 24.0 Å². The Morgan fingerprint density at radius 1 is 1.33 bits per heavy atom. The normalized spacial score (nSPS) is 27.8. The zero-order chi connectivity index (χ0) is 13.1. The second-order valence-corrected chi connectivity index (χ2v) is 5.81. The molecule has 2 unspecified atom stereocenters. The SMILES string of the molecule is CC1CC(C)CC(Oc2cccnc2C(N)=S)C1. The Morgan fingerprint density at radius 2 is 2.00 bits per heavy atom. The van der Waals surface area contributed by atoms with Crippen LogP contribution in [0.2, 0.25) is 0 Å². The lowest BCUT2D eigenvalue weighted by molar-refractivity contribution is 0.100. The van der Waals surface area contributed by atoms with Crippen molar-refractivity contribution in [1.29, 1.82) is 0 Å². The summed E-state index contributed by atoms with van der Waals surface area (Å²) in [7, 11) is 0. The quantitative estimate of drug-likeness (QED) is 0.853. The van der Waals surface area contributed by atoms with E-state index in [0.29, 0.717) is 22.5 Å². The Balaban J connectivity index is 2.11. The number of rotatable bonds is 3. The molecule has 0 aliphatic heterocycles. The number of aromatic nitrogens is 1. The molecule has 2 N–H and O–H groups in total. The fourth-order valence-electron chi connectivity index (χ4n) is 2.82. The Bertz CT molecular complexity index is 426. The Kier molecular flexibility index (Phi) is 4.17. The molecule has 1 aliphatic carbocycles. The van der Waals surface area contributed by atoms with Gasteiger partial charge in [0.2, 0.25) is 0 Å². The van der Waals surface area contributed by atoms with Gasteiger partial charge in [-0.15, -0.1) is 0 Å². The molecule has 0 aromatic carbocycles. The number of nitrogens with zero attached hydrogens (tertiary/aromatic N) is 1. The van der Waals surface area contributed by atoms with Gasteiger partial charge in [0.15, 0.2) is 0 Å². The predicted molar refractivity (Wildman–Crippen MR) is 76.7 cm³/mol. The molecule has 2 atom stereocenters. The summed E-state index contributed by atoms with van der Waals surface area (Å²) in [6.45, 7) is 4.56. The lowest BCUT2D eigenvalue weighted by Crippen LogP contribution is -2.29. The van der Waals surface area contributed by atoms with Gasteiger partial charge in [0, 0.05) is 6.20 Å². The fraction of sp³-hybridized carbons (Fsp3) is 0.571. The summed E-state index contributed by atoms with van der Waals surface area (Å²) in [5.41, 5.74) is 6.26.